The van der Waals surface area contributed by atoms with Crippen molar-refractivity contribution in [3.63, 3.8) is 0 Å². The molecule has 1 aliphatic heterocycles. The topological polar surface area (TPSA) is 68.2 Å². The Morgan fingerprint density at radius 3 is 2.22 bits per heavy atom. The highest BCUT2D eigenvalue weighted by Crippen LogP contribution is 2.45. The zero-order chi connectivity index (χ0) is 23.6. The van der Waals surface area contributed by atoms with Crippen molar-refractivity contribution in [2.75, 3.05) is 27.9 Å². The molecule has 2 aromatic carbocycles. The molecule has 3 rings (SSSR count). The van der Waals surface area contributed by atoms with E-state index in [9.17, 15) is 23.1 Å². The molecule has 0 amide bonds. The molecule has 1 aliphatic rings. The third kappa shape index (κ3) is 4.59. The van der Waals surface area contributed by atoms with Crippen molar-refractivity contribution < 1.29 is 37.3 Å². The van der Waals surface area contributed by atoms with Gasteiger partial charge in [-0.15, -0.1) is 0 Å². The van der Waals surface area contributed by atoms with Crippen LogP contribution >= 0.6 is 11.6 Å². The highest BCUT2D eigenvalue weighted by atomic mass is 35.5. The molecule has 0 aliphatic carbocycles. The van der Waals surface area contributed by atoms with Crippen LogP contribution in [0.2, 0.25) is 5.02 Å². The molecule has 0 spiro atoms. The van der Waals surface area contributed by atoms with E-state index in [4.69, 9.17) is 25.8 Å². The number of benzene rings is 2. The molecule has 1 N–H and O–H groups in total. The van der Waals surface area contributed by atoms with Crippen molar-refractivity contribution in [2.24, 2.45) is 0 Å². The minimum absolute atomic E-state index is 0.254. The molecule has 1 fully saturated rings. The van der Waals surface area contributed by atoms with Gasteiger partial charge < -0.3 is 19.3 Å². The summed E-state index contributed by atoms with van der Waals surface area (Å²) in [6.07, 6.45) is -3.68. The lowest BCUT2D eigenvalue weighted by Gasteiger charge is -2.33. The van der Waals surface area contributed by atoms with E-state index in [2.05, 4.69) is 0 Å². The van der Waals surface area contributed by atoms with Gasteiger partial charge in [0.15, 0.2) is 11.5 Å². The number of aliphatic carboxylic acids is 1. The highest BCUT2D eigenvalue weighted by molar-refractivity contribution is 6.31. The molecule has 174 valence electrons. The molecule has 1 heterocycles. The first-order chi connectivity index (χ1) is 15.1. The van der Waals surface area contributed by atoms with Crippen LogP contribution in [0.15, 0.2) is 30.3 Å². The maximum atomic E-state index is 13.6. The number of halogens is 4. The van der Waals surface area contributed by atoms with Gasteiger partial charge in [0.25, 0.3) is 0 Å². The molecule has 32 heavy (non-hydrogen) atoms. The first-order valence-electron chi connectivity index (χ1n) is 9.77. The summed E-state index contributed by atoms with van der Waals surface area (Å²) in [6.45, 7) is 0.391. The largest absolute Gasteiger partial charge is 0.493 e. The lowest BCUT2D eigenvalue weighted by molar-refractivity contribution is -0.143. The number of carboxylic acids is 1. The Morgan fingerprint density at radius 2 is 1.72 bits per heavy atom. The summed E-state index contributed by atoms with van der Waals surface area (Å²) < 4.78 is 56.8. The number of nitrogens with zero attached hydrogens (tertiary/aromatic N) is 1. The number of ether oxygens (including phenoxy) is 3. The van der Waals surface area contributed by atoms with E-state index in [0.29, 0.717) is 42.2 Å². The summed E-state index contributed by atoms with van der Waals surface area (Å²) in [5, 5.41) is 9.30. The predicted molar refractivity (Wildman–Crippen MR) is 112 cm³/mol. The number of carboxylic acid groups (broad SMARTS) is 1. The third-order valence-corrected chi connectivity index (χ3v) is 5.85. The Labute approximate surface area is 188 Å². The highest BCUT2D eigenvalue weighted by Gasteiger charge is 2.39. The zero-order valence-electron chi connectivity index (χ0n) is 17.7. The molecule has 0 bridgehead atoms. The number of rotatable bonds is 7. The van der Waals surface area contributed by atoms with Gasteiger partial charge in [-0.2, -0.15) is 13.2 Å². The smallest absolute Gasteiger partial charge is 0.417 e. The Balaban J connectivity index is 2.25. The third-order valence-electron chi connectivity index (χ3n) is 5.53. The second kappa shape index (κ2) is 9.46. The van der Waals surface area contributed by atoms with Crippen LogP contribution in [0, 0.1) is 0 Å². The summed E-state index contributed by atoms with van der Waals surface area (Å²) in [7, 11) is 4.29. The molecule has 10 heteroatoms. The maximum Gasteiger partial charge on any atom is 0.417 e. The van der Waals surface area contributed by atoms with Gasteiger partial charge in [-0.1, -0.05) is 17.7 Å². The molecule has 2 aromatic rings. The Bertz CT molecular complexity index is 973. The van der Waals surface area contributed by atoms with E-state index in [1.54, 1.807) is 17.0 Å². The van der Waals surface area contributed by atoms with Crippen molar-refractivity contribution >= 4 is 17.6 Å². The Morgan fingerprint density at radius 1 is 1.09 bits per heavy atom. The quantitative estimate of drug-likeness (QED) is 0.609. The fourth-order valence-electron chi connectivity index (χ4n) is 4.13. The molecule has 0 saturated carbocycles. The average molecular weight is 474 g/mol. The van der Waals surface area contributed by atoms with Crippen molar-refractivity contribution in [3.8, 4) is 17.2 Å². The summed E-state index contributed by atoms with van der Waals surface area (Å²) in [4.78, 5) is 13.6. The number of likely N-dealkylation sites (tertiary alicyclic amines) is 1. The fourth-order valence-corrected chi connectivity index (χ4v) is 4.35. The van der Waals surface area contributed by atoms with E-state index in [-0.39, 0.29) is 5.56 Å². The molecule has 6 nitrogen and oxygen atoms in total. The molecule has 0 radical (unpaired) electrons. The van der Waals surface area contributed by atoms with Crippen molar-refractivity contribution in [1.82, 2.24) is 4.90 Å². The molecule has 1 saturated heterocycles. The number of methoxy groups -OCH3 is 3. The summed E-state index contributed by atoms with van der Waals surface area (Å²) in [6, 6.07) is 5.18. The Hall–Kier alpha value is -2.65. The Kier molecular flexibility index (Phi) is 7.09. The van der Waals surface area contributed by atoms with Crippen molar-refractivity contribution in [2.45, 2.75) is 31.1 Å². The van der Waals surface area contributed by atoms with E-state index in [1.807, 2.05) is 0 Å². The van der Waals surface area contributed by atoms with E-state index >= 15 is 0 Å². The van der Waals surface area contributed by atoms with E-state index in [0.717, 1.165) is 6.07 Å². The normalized spacial score (nSPS) is 17.8. The lowest BCUT2D eigenvalue weighted by Crippen LogP contribution is -2.39. The first-order valence-corrected chi connectivity index (χ1v) is 10.1. The molecule has 0 aromatic heterocycles. The van der Waals surface area contributed by atoms with E-state index in [1.165, 1.54) is 33.5 Å². The van der Waals surface area contributed by atoms with Gasteiger partial charge in [-0.3, -0.25) is 9.69 Å². The van der Waals surface area contributed by atoms with Crippen LogP contribution in [0.5, 0.6) is 17.2 Å². The van der Waals surface area contributed by atoms with Gasteiger partial charge in [-0.25, -0.2) is 0 Å². The number of hydrogen-bond donors (Lipinski definition) is 1. The first kappa shape index (κ1) is 24.0. The van der Waals surface area contributed by atoms with Gasteiger partial charge >= 0.3 is 12.1 Å². The van der Waals surface area contributed by atoms with Crippen LogP contribution in [0.3, 0.4) is 0 Å². The van der Waals surface area contributed by atoms with Gasteiger partial charge in [0, 0.05) is 6.54 Å². The maximum absolute atomic E-state index is 13.6. The fraction of sp³-hybridized carbons (Fsp3) is 0.409. The minimum atomic E-state index is -4.66. The van der Waals surface area contributed by atoms with Crippen LogP contribution in [0.4, 0.5) is 13.2 Å². The molecular weight excluding hydrogens is 451 g/mol. The van der Waals surface area contributed by atoms with Crippen LogP contribution in [0.1, 0.15) is 35.6 Å². The van der Waals surface area contributed by atoms with Gasteiger partial charge in [-0.05, 0) is 48.2 Å². The predicted octanol–water partition coefficient (Wildman–Crippen LogP) is 5.02. The van der Waals surface area contributed by atoms with E-state index < -0.39 is 34.8 Å². The number of carbonyl (C=O) groups is 1. The van der Waals surface area contributed by atoms with Gasteiger partial charge in [0.05, 0.1) is 38.0 Å². The van der Waals surface area contributed by atoms with Gasteiger partial charge in [0.1, 0.15) is 6.04 Å². The second-order valence-electron chi connectivity index (χ2n) is 7.33. The van der Waals surface area contributed by atoms with Crippen molar-refractivity contribution in [1.29, 1.82) is 0 Å². The van der Waals surface area contributed by atoms with Crippen LogP contribution in [-0.2, 0) is 11.0 Å². The summed E-state index contributed by atoms with van der Waals surface area (Å²) in [5.74, 6) is -0.100. The summed E-state index contributed by atoms with van der Waals surface area (Å²) >= 11 is 5.82. The minimum Gasteiger partial charge on any atom is -0.493 e. The average Bonchev–Trinajstić information content (AvgIpc) is 3.23. The number of alkyl halides is 3. The standard InChI is InChI=1S/C22H23ClF3NO5/c1-30-17-10-13(11-18(31-2)20(17)32-3)19(27-8-4-5-16(27)21(28)29)12-6-7-15(23)14(9-12)22(24,25)26/h6-7,9-11,16,19H,4-5,8H2,1-3H3,(H,28,29). The SMILES string of the molecule is COc1cc(C(c2ccc(Cl)c(C(F)(F)F)c2)N2CCCC2C(=O)O)cc(OC)c1OC. The second-order valence-corrected chi connectivity index (χ2v) is 7.74. The number of hydrogen-bond acceptors (Lipinski definition) is 5. The zero-order valence-corrected chi connectivity index (χ0v) is 18.5. The summed E-state index contributed by atoms with van der Waals surface area (Å²) in [5.41, 5.74) is -0.229. The molecule has 2 unspecified atom stereocenters. The van der Waals surface area contributed by atoms with Crippen LogP contribution in [0.25, 0.3) is 0 Å². The van der Waals surface area contributed by atoms with Crippen molar-refractivity contribution in [3.05, 3.63) is 52.0 Å². The van der Waals surface area contributed by atoms with Gasteiger partial charge in [0.2, 0.25) is 5.75 Å². The van der Waals surface area contributed by atoms with Crippen LogP contribution < -0.4 is 14.2 Å². The monoisotopic (exact) mass is 473 g/mol. The lowest BCUT2D eigenvalue weighted by atomic mass is 9.94. The molecular formula is C22H23ClF3NO5. The molecule has 2 atom stereocenters. The van der Waals surface area contributed by atoms with Crippen LogP contribution in [-0.4, -0.2) is 49.9 Å².